The van der Waals surface area contributed by atoms with Gasteiger partial charge in [-0.25, -0.2) is 9.59 Å². The molecule has 0 spiro atoms. The lowest BCUT2D eigenvalue weighted by molar-refractivity contribution is -0.162. The van der Waals surface area contributed by atoms with Gasteiger partial charge in [-0.2, -0.15) is 0 Å². The van der Waals surface area contributed by atoms with Crippen LogP contribution in [0.4, 0.5) is 4.79 Å². The van der Waals surface area contributed by atoms with Crippen LogP contribution in [-0.4, -0.2) is 65.2 Å². The summed E-state index contributed by atoms with van der Waals surface area (Å²) in [5.74, 6) is -0.450. The van der Waals surface area contributed by atoms with Crippen LogP contribution in [-0.2, 0) is 19.0 Å². The molecule has 0 unspecified atom stereocenters. The Morgan fingerprint density at radius 3 is 2.13 bits per heavy atom. The lowest BCUT2D eigenvalue weighted by Gasteiger charge is -2.27. The molecule has 2 atom stereocenters. The van der Waals surface area contributed by atoms with Gasteiger partial charge in [-0.15, -0.1) is 0 Å². The highest BCUT2D eigenvalue weighted by atomic mass is 16.6. The van der Waals surface area contributed by atoms with Gasteiger partial charge in [0, 0.05) is 0 Å². The first-order chi connectivity index (χ1) is 10.4. The summed E-state index contributed by atoms with van der Waals surface area (Å²) < 4.78 is 16.0. The lowest BCUT2D eigenvalue weighted by atomic mass is 10.2. The molecule has 0 aromatic rings. The van der Waals surface area contributed by atoms with Gasteiger partial charge in [0.1, 0.15) is 17.8 Å². The van der Waals surface area contributed by atoms with Crippen LogP contribution >= 0.6 is 0 Å². The molecule has 0 saturated carbocycles. The first-order valence-corrected chi connectivity index (χ1v) is 7.85. The molecule has 1 N–H and O–H groups in total. The van der Waals surface area contributed by atoms with Crippen LogP contribution in [0.5, 0.6) is 0 Å². The van der Waals surface area contributed by atoms with E-state index in [1.54, 1.807) is 41.5 Å². The largest absolute Gasteiger partial charge is 0.458 e. The van der Waals surface area contributed by atoms with Crippen LogP contribution in [0.15, 0.2) is 0 Å². The SMILES string of the molecule is CC(C)(C)OC(=O)CO[C@H]1C[C@H](CO)N(C(=O)OC(C)(C)C)C1. The Morgan fingerprint density at radius 1 is 1.09 bits per heavy atom. The van der Waals surface area contributed by atoms with Crippen molar-refractivity contribution in [2.24, 2.45) is 0 Å². The summed E-state index contributed by atoms with van der Waals surface area (Å²) in [6, 6.07) is -0.367. The monoisotopic (exact) mass is 331 g/mol. The molecular weight excluding hydrogens is 302 g/mol. The highest BCUT2D eigenvalue weighted by Gasteiger charge is 2.38. The summed E-state index contributed by atoms with van der Waals surface area (Å²) in [6.45, 7) is 10.6. The number of likely N-dealkylation sites (tertiary alicyclic amines) is 1. The van der Waals surface area contributed by atoms with Crippen molar-refractivity contribution in [1.82, 2.24) is 4.90 Å². The van der Waals surface area contributed by atoms with Crippen molar-refractivity contribution in [3.05, 3.63) is 0 Å². The van der Waals surface area contributed by atoms with Crippen LogP contribution in [0.25, 0.3) is 0 Å². The molecule has 23 heavy (non-hydrogen) atoms. The number of amides is 1. The molecule has 7 heteroatoms. The first kappa shape index (κ1) is 19.7. The maximum absolute atomic E-state index is 12.1. The minimum absolute atomic E-state index is 0.175. The Morgan fingerprint density at radius 2 is 1.65 bits per heavy atom. The molecule has 0 aromatic carbocycles. The van der Waals surface area contributed by atoms with E-state index in [0.717, 1.165) is 0 Å². The van der Waals surface area contributed by atoms with E-state index in [2.05, 4.69) is 0 Å². The number of aliphatic hydroxyl groups is 1. The standard InChI is InChI=1S/C16H29NO6/c1-15(2,3)22-13(19)10-21-12-7-11(9-18)17(8-12)14(20)23-16(4,5)6/h11-12,18H,7-10H2,1-6H3/t11-,12+/m1/s1. The van der Waals surface area contributed by atoms with Gasteiger partial charge in [-0.05, 0) is 48.0 Å². The van der Waals surface area contributed by atoms with Crippen LogP contribution in [0.2, 0.25) is 0 Å². The predicted molar refractivity (Wildman–Crippen MR) is 84.0 cm³/mol. The smallest absolute Gasteiger partial charge is 0.410 e. The molecule has 7 nitrogen and oxygen atoms in total. The van der Waals surface area contributed by atoms with Crippen molar-refractivity contribution >= 4 is 12.1 Å². The van der Waals surface area contributed by atoms with Crippen molar-refractivity contribution in [1.29, 1.82) is 0 Å². The zero-order chi connectivity index (χ0) is 17.8. The number of ether oxygens (including phenoxy) is 3. The zero-order valence-electron chi connectivity index (χ0n) is 14.9. The number of carbonyl (C=O) groups excluding carboxylic acids is 2. The Balaban J connectivity index is 2.52. The number of hydrogen-bond acceptors (Lipinski definition) is 6. The summed E-state index contributed by atoms with van der Waals surface area (Å²) in [5.41, 5.74) is -1.17. The molecule has 1 fully saturated rings. The van der Waals surface area contributed by atoms with Gasteiger partial charge < -0.3 is 24.2 Å². The number of nitrogens with zero attached hydrogens (tertiary/aromatic N) is 1. The molecule has 1 rings (SSSR count). The molecule has 0 aromatic heterocycles. The Bertz CT molecular complexity index is 423. The van der Waals surface area contributed by atoms with Gasteiger partial charge in [0.2, 0.25) is 0 Å². The quantitative estimate of drug-likeness (QED) is 0.790. The average molecular weight is 331 g/mol. The predicted octanol–water partition coefficient (Wildman–Crippen LogP) is 1.71. The van der Waals surface area contributed by atoms with E-state index in [0.29, 0.717) is 6.42 Å². The van der Waals surface area contributed by atoms with Crippen molar-refractivity contribution in [3.8, 4) is 0 Å². The van der Waals surface area contributed by atoms with Crippen molar-refractivity contribution in [3.63, 3.8) is 0 Å². The molecule has 134 valence electrons. The fourth-order valence-corrected chi connectivity index (χ4v) is 2.27. The number of hydrogen-bond donors (Lipinski definition) is 1. The molecule has 0 bridgehead atoms. The van der Waals surface area contributed by atoms with E-state index in [1.807, 2.05) is 0 Å². The van der Waals surface area contributed by atoms with E-state index in [9.17, 15) is 14.7 Å². The van der Waals surface area contributed by atoms with Gasteiger partial charge in [0.15, 0.2) is 0 Å². The summed E-state index contributed by atoms with van der Waals surface area (Å²) in [7, 11) is 0. The third-order valence-corrected chi connectivity index (χ3v) is 3.07. The molecule has 1 amide bonds. The summed E-state index contributed by atoms with van der Waals surface area (Å²) >= 11 is 0. The third kappa shape index (κ3) is 7.18. The summed E-state index contributed by atoms with van der Waals surface area (Å²) in [5, 5.41) is 9.44. The van der Waals surface area contributed by atoms with E-state index in [-0.39, 0.29) is 31.9 Å². The third-order valence-electron chi connectivity index (χ3n) is 3.07. The normalized spacial score (nSPS) is 22.1. The molecule has 1 saturated heterocycles. The molecule has 0 aliphatic carbocycles. The van der Waals surface area contributed by atoms with Gasteiger partial charge in [-0.3, -0.25) is 0 Å². The van der Waals surface area contributed by atoms with Crippen molar-refractivity contribution in [2.45, 2.75) is 71.3 Å². The number of aliphatic hydroxyl groups excluding tert-OH is 1. The van der Waals surface area contributed by atoms with E-state index < -0.39 is 23.3 Å². The molecule has 1 aliphatic heterocycles. The highest BCUT2D eigenvalue weighted by Crippen LogP contribution is 2.23. The summed E-state index contributed by atoms with van der Waals surface area (Å²) in [6.07, 6.45) is -0.356. The van der Waals surface area contributed by atoms with Gasteiger partial charge in [-0.1, -0.05) is 0 Å². The van der Waals surface area contributed by atoms with Crippen LogP contribution in [0.1, 0.15) is 48.0 Å². The molecule has 1 heterocycles. The van der Waals surface area contributed by atoms with Gasteiger partial charge in [0.05, 0.1) is 25.3 Å². The minimum Gasteiger partial charge on any atom is -0.458 e. The van der Waals surface area contributed by atoms with Crippen molar-refractivity contribution < 1.29 is 28.9 Å². The van der Waals surface area contributed by atoms with Crippen LogP contribution in [0, 0.1) is 0 Å². The van der Waals surface area contributed by atoms with Crippen LogP contribution in [0.3, 0.4) is 0 Å². The maximum atomic E-state index is 12.1. The Hall–Kier alpha value is -1.34. The first-order valence-electron chi connectivity index (χ1n) is 7.85. The molecule has 1 aliphatic rings. The van der Waals surface area contributed by atoms with Gasteiger partial charge in [0.25, 0.3) is 0 Å². The Kier molecular flexibility index (Phi) is 6.41. The molecule has 0 radical (unpaired) electrons. The van der Waals surface area contributed by atoms with Crippen molar-refractivity contribution in [2.75, 3.05) is 19.8 Å². The second kappa shape index (κ2) is 7.49. The zero-order valence-corrected chi connectivity index (χ0v) is 14.9. The summed E-state index contributed by atoms with van der Waals surface area (Å²) in [4.78, 5) is 25.3. The highest BCUT2D eigenvalue weighted by molar-refractivity contribution is 5.71. The van der Waals surface area contributed by atoms with Gasteiger partial charge >= 0.3 is 12.1 Å². The van der Waals surface area contributed by atoms with Crippen LogP contribution < -0.4 is 0 Å². The second-order valence-electron chi connectivity index (χ2n) is 7.72. The van der Waals surface area contributed by atoms with E-state index >= 15 is 0 Å². The van der Waals surface area contributed by atoms with E-state index in [1.165, 1.54) is 4.90 Å². The maximum Gasteiger partial charge on any atom is 0.410 e. The topological polar surface area (TPSA) is 85.3 Å². The average Bonchev–Trinajstić information content (AvgIpc) is 2.75. The number of carbonyl (C=O) groups is 2. The number of rotatable bonds is 4. The fourth-order valence-electron chi connectivity index (χ4n) is 2.27. The second-order valence-corrected chi connectivity index (χ2v) is 7.72. The Labute approximate surface area is 137 Å². The molecular formula is C16H29NO6. The minimum atomic E-state index is -0.605. The fraction of sp³-hybridized carbons (Fsp3) is 0.875. The number of esters is 1. The lowest BCUT2D eigenvalue weighted by Crippen LogP contribution is -2.41. The van der Waals surface area contributed by atoms with E-state index in [4.69, 9.17) is 14.2 Å².